The first-order valence-electron chi connectivity index (χ1n) is 8.35. The van der Waals surface area contributed by atoms with E-state index in [0.29, 0.717) is 11.4 Å². The minimum Gasteiger partial charge on any atom is -0.362 e. The number of aryl methyl sites for hydroxylation is 2. The molecule has 1 aliphatic heterocycles. The normalized spacial score (nSPS) is 17.4. The highest BCUT2D eigenvalue weighted by Gasteiger charge is 2.35. The van der Waals surface area contributed by atoms with E-state index in [4.69, 9.17) is 0 Å². The van der Waals surface area contributed by atoms with E-state index in [9.17, 15) is 4.79 Å². The summed E-state index contributed by atoms with van der Waals surface area (Å²) < 4.78 is 1.90. The zero-order chi connectivity index (χ0) is 17.4. The number of likely N-dealkylation sites (tertiary alicyclic amines) is 1. The maximum absolute atomic E-state index is 13.2. The van der Waals surface area contributed by atoms with Crippen LogP contribution in [0.15, 0.2) is 18.3 Å². The van der Waals surface area contributed by atoms with Crippen molar-refractivity contribution >= 4 is 11.7 Å². The summed E-state index contributed by atoms with van der Waals surface area (Å²) in [4.78, 5) is 21.5. The lowest BCUT2D eigenvalue weighted by atomic mass is 10.0. The molecule has 24 heavy (non-hydrogen) atoms. The smallest absolute Gasteiger partial charge is 0.258 e. The van der Waals surface area contributed by atoms with Gasteiger partial charge in [0.1, 0.15) is 5.82 Å². The van der Waals surface area contributed by atoms with Crippen LogP contribution in [0.1, 0.15) is 46.2 Å². The van der Waals surface area contributed by atoms with Crippen molar-refractivity contribution in [1.82, 2.24) is 19.7 Å². The van der Waals surface area contributed by atoms with Gasteiger partial charge in [-0.2, -0.15) is 5.10 Å². The summed E-state index contributed by atoms with van der Waals surface area (Å²) in [5.41, 5.74) is 4.00. The van der Waals surface area contributed by atoms with Gasteiger partial charge < -0.3 is 9.80 Å². The maximum Gasteiger partial charge on any atom is 0.258 e. The highest BCUT2D eigenvalue weighted by molar-refractivity contribution is 5.99. The molecule has 6 heteroatoms. The summed E-state index contributed by atoms with van der Waals surface area (Å²) in [5, 5.41) is 4.53. The summed E-state index contributed by atoms with van der Waals surface area (Å²) >= 11 is 0. The number of carbonyl (C=O) groups excluding carboxylic acids is 1. The van der Waals surface area contributed by atoms with Crippen LogP contribution in [0, 0.1) is 13.8 Å². The van der Waals surface area contributed by atoms with Gasteiger partial charge in [0.05, 0.1) is 17.3 Å². The van der Waals surface area contributed by atoms with Gasteiger partial charge in [-0.3, -0.25) is 9.48 Å². The third-order valence-electron chi connectivity index (χ3n) is 4.85. The molecule has 0 saturated carbocycles. The predicted molar refractivity (Wildman–Crippen MR) is 94.3 cm³/mol. The third kappa shape index (κ3) is 2.66. The van der Waals surface area contributed by atoms with Crippen molar-refractivity contribution in [2.24, 2.45) is 7.05 Å². The second kappa shape index (κ2) is 6.26. The zero-order valence-corrected chi connectivity index (χ0v) is 15.1. The van der Waals surface area contributed by atoms with Gasteiger partial charge in [0.2, 0.25) is 0 Å². The number of amides is 1. The molecule has 3 heterocycles. The topological polar surface area (TPSA) is 54.3 Å². The number of carbonyl (C=O) groups is 1. The largest absolute Gasteiger partial charge is 0.362 e. The lowest BCUT2D eigenvalue weighted by Crippen LogP contribution is -2.32. The number of rotatable bonds is 3. The van der Waals surface area contributed by atoms with Crippen molar-refractivity contribution in [3.05, 3.63) is 40.8 Å². The van der Waals surface area contributed by atoms with Crippen LogP contribution in [0.4, 0.5) is 5.82 Å². The second-order valence-corrected chi connectivity index (χ2v) is 6.63. The van der Waals surface area contributed by atoms with Crippen LogP contribution in [-0.4, -0.2) is 46.2 Å². The average Bonchev–Trinajstić information content (AvgIpc) is 3.11. The molecule has 2 aromatic rings. The fourth-order valence-electron chi connectivity index (χ4n) is 3.66. The lowest BCUT2D eigenvalue weighted by molar-refractivity contribution is 0.0735. The summed E-state index contributed by atoms with van der Waals surface area (Å²) in [7, 11) is 5.78. The molecule has 1 atom stereocenters. The van der Waals surface area contributed by atoms with Crippen molar-refractivity contribution in [3.63, 3.8) is 0 Å². The van der Waals surface area contributed by atoms with Gasteiger partial charge in [0, 0.05) is 45.1 Å². The van der Waals surface area contributed by atoms with E-state index < -0.39 is 0 Å². The lowest BCUT2D eigenvalue weighted by Gasteiger charge is -2.27. The first-order chi connectivity index (χ1) is 11.4. The number of hydrogen-bond donors (Lipinski definition) is 0. The number of anilines is 1. The minimum atomic E-state index is 0.0527. The fraction of sp³-hybridized carbons (Fsp3) is 0.500. The van der Waals surface area contributed by atoms with E-state index in [-0.39, 0.29) is 11.9 Å². The Morgan fingerprint density at radius 2 is 2.08 bits per heavy atom. The Hall–Kier alpha value is -2.37. The minimum absolute atomic E-state index is 0.0527. The van der Waals surface area contributed by atoms with E-state index in [0.717, 1.165) is 30.8 Å². The van der Waals surface area contributed by atoms with E-state index in [1.165, 1.54) is 5.56 Å². The van der Waals surface area contributed by atoms with Crippen molar-refractivity contribution in [1.29, 1.82) is 0 Å². The molecule has 1 saturated heterocycles. The van der Waals surface area contributed by atoms with E-state index in [1.54, 1.807) is 6.20 Å². The SMILES string of the molecule is Cc1nn(C)c(C)c1C1CCCN1C(=O)c1cccnc1N(C)C. The number of aromatic nitrogens is 3. The maximum atomic E-state index is 13.2. The Morgan fingerprint density at radius 3 is 2.71 bits per heavy atom. The van der Waals surface area contributed by atoms with E-state index in [1.807, 2.05) is 54.7 Å². The first kappa shape index (κ1) is 16.5. The predicted octanol–water partition coefficient (Wildman–Crippen LogP) is 2.48. The molecule has 0 N–H and O–H groups in total. The Morgan fingerprint density at radius 1 is 1.33 bits per heavy atom. The zero-order valence-electron chi connectivity index (χ0n) is 15.1. The molecule has 1 aliphatic rings. The number of hydrogen-bond acceptors (Lipinski definition) is 4. The second-order valence-electron chi connectivity index (χ2n) is 6.63. The van der Waals surface area contributed by atoms with Gasteiger partial charge in [0.25, 0.3) is 5.91 Å². The summed E-state index contributed by atoms with van der Waals surface area (Å²) in [6.45, 7) is 4.88. The summed E-state index contributed by atoms with van der Waals surface area (Å²) in [5.74, 6) is 0.768. The van der Waals surface area contributed by atoms with Crippen LogP contribution in [0.3, 0.4) is 0 Å². The van der Waals surface area contributed by atoms with Crippen LogP contribution in [-0.2, 0) is 7.05 Å². The molecule has 1 amide bonds. The van der Waals surface area contributed by atoms with Crippen molar-refractivity contribution in [2.75, 3.05) is 25.5 Å². The van der Waals surface area contributed by atoms with E-state index in [2.05, 4.69) is 17.0 Å². The van der Waals surface area contributed by atoms with Crippen LogP contribution in [0.25, 0.3) is 0 Å². The van der Waals surface area contributed by atoms with Gasteiger partial charge in [-0.1, -0.05) is 0 Å². The highest BCUT2D eigenvalue weighted by Crippen LogP contribution is 2.37. The van der Waals surface area contributed by atoms with Crippen molar-refractivity contribution in [2.45, 2.75) is 32.7 Å². The molecule has 1 fully saturated rings. The molecule has 6 nitrogen and oxygen atoms in total. The molecular formula is C18H25N5O. The Balaban J connectivity index is 1.98. The van der Waals surface area contributed by atoms with Gasteiger partial charge >= 0.3 is 0 Å². The molecular weight excluding hydrogens is 302 g/mol. The molecule has 0 spiro atoms. The van der Waals surface area contributed by atoms with Crippen LogP contribution < -0.4 is 4.90 Å². The monoisotopic (exact) mass is 327 g/mol. The Kier molecular flexibility index (Phi) is 4.30. The van der Waals surface area contributed by atoms with Crippen molar-refractivity contribution in [3.8, 4) is 0 Å². The highest BCUT2D eigenvalue weighted by atomic mass is 16.2. The molecule has 3 rings (SSSR count). The van der Waals surface area contributed by atoms with Gasteiger partial charge in [-0.05, 0) is 38.8 Å². The Bertz CT molecular complexity index is 765. The molecule has 2 aromatic heterocycles. The molecule has 0 bridgehead atoms. The summed E-state index contributed by atoms with van der Waals surface area (Å²) in [6.07, 6.45) is 3.72. The van der Waals surface area contributed by atoms with Gasteiger partial charge in [-0.25, -0.2) is 4.98 Å². The number of pyridine rings is 1. The Labute approximate surface area is 143 Å². The van der Waals surface area contributed by atoms with Gasteiger partial charge in [0.15, 0.2) is 0 Å². The molecule has 0 radical (unpaired) electrons. The summed E-state index contributed by atoms with van der Waals surface area (Å²) in [6, 6.07) is 3.79. The molecule has 128 valence electrons. The van der Waals surface area contributed by atoms with E-state index >= 15 is 0 Å². The molecule has 0 aliphatic carbocycles. The van der Waals surface area contributed by atoms with Crippen molar-refractivity contribution < 1.29 is 4.79 Å². The molecule has 1 unspecified atom stereocenters. The van der Waals surface area contributed by atoms with Crippen LogP contribution >= 0.6 is 0 Å². The average molecular weight is 327 g/mol. The standard InChI is InChI=1S/C18H25N5O/c1-12-16(13(2)22(5)20-12)15-9-7-11-23(15)18(24)14-8-6-10-19-17(14)21(3)4/h6,8,10,15H,7,9,11H2,1-5H3. The van der Waals surface area contributed by atoms with Gasteiger partial charge in [-0.15, -0.1) is 0 Å². The quantitative estimate of drug-likeness (QED) is 0.869. The number of nitrogens with zero attached hydrogens (tertiary/aromatic N) is 5. The fourth-order valence-corrected chi connectivity index (χ4v) is 3.66. The van der Waals surface area contributed by atoms with Crippen LogP contribution in [0.5, 0.6) is 0 Å². The third-order valence-corrected chi connectivity index (χ3v) is 4.85. The van der Waals surface area contributed by atoms with Crippen LogP contribution in [0.2, 0.25) is 0 Å². The molecule has 0 aromatic carbocycles. The first-order valence-corrected chi connectivity index (χ1v) is 8.35.